The fourth-order valence-corrected chi connectivity index (χ4v) is 5.24. The monoisotopic (exact) mass is 467 g/mol. The average molecular weight is 468 g/mol. The molecule has 0 aliphatic rings. The Bertz CT molecular complexity index is 1480. The van der Waals surface area contributed by atoms with Crippen LogP contribution in [0.2, 0.25) is 0 Å². The van der Waals surface area contributed by atoms with E-state index in [1.165, 1.54) is 17.4 Å². The molecule has 0 bridgehead atoms. The van der Waals surface area contributed by atoms with Crippen LogP contribution in [0.5, 0.6) is 5.75 Å². The molecule has 0 aliphatic heterocycles. The van der Waals surface area contributed by atoms with Crippen molar-refractivity contribution < 1.29 is 17.9 Å². The predicted molar refractivity (Wildman–Crippen MR) is 126 cm³/mol. The molecule has 0 unspecified atom stereocenters. The van der Waals surface area contributed by atoms with Crippen molar-refractivity contribution >= 4 is 43.2 Å². The molecule has 0 radical (unpaired) electrons. The van der Waals surface area contributed by atoms with E-state index in [9.17, 15) is 13.2 Å². The molecule has 0 saturated heterocycles. The minimum atomic E-state index is -3.77. The van der Waals surface area contributed by atoms with Crippen molar-refractivity contribution in [3.63, 3.8) is 0 Å². The van der Waals surface area contributed by atoms with Gasteiger partial charge < -0.3 is 9.30 Å². The zero-order valence-electron chi connectivity index (χ0n) is 17.7. The second-order valence-corrected chi connectivity index (χ2v) is 9.89. The van der Waals surface area contributed by atoms with Crippen LogP contribution < -0.4 is 14.3 Å². The maximum absolute atomic E-state index is 12.8. The van der Waals surface area contributed by atoms with E-state index in [4.69, 9.17) is 4.74 Å². The van der Waals surface area contributed by atoms with E-state index in [1.807, 2.05) is 36.7 Å². The number of carbonyl (C=O) groups excluding carboxylic acids is 1. The highest BCUT2D eigenvalue weighted by atomic mass is 32.2. The molecule has 0 atom stereocenters. The second kappa shape index (κ2) is 8.60. The highest BCUT2D eigenvalue weighted by Gasteiger charge is 2.15. The van der Waals surface area contributed by atoms with Crippen molar-refractivity contribution in [3.05, 3.63) is 82.7 Å². The predicted octanol–water partition coefficient (Wildman–Crippen LogP) is 4.10. The lowest BCUT2D eigenvalue weighted by molar-refractivity contribution is 0.0998. The number of ether oxygens (including phenoxy) is 1. The Morgan fingerprint density at radius 2 is 1.81 bits per heavy atom. The number of hydrogen-bond acceptors (Lipinski definition) is 5. The summed E-state index contributed by atoms with van der Waals surface area (Å²) in [5, 5.41) is 0. The van der Waals surface area contributed by atoms with Crippen LogP contribution in [0.25, 0.3) is 10.2 Å². The van der Waals surface area contributed by atoms with E-state index < -0.39 is 15.9 Å². The number of aryl methyl sites for hydroxylation is 2. The molecule has 4 aromatic rings. The van der Waals surface area contributed by atoms with E-state index in [0.29, 0.717) is 4.80 Å². The summed E-state index contributed by atoms with van der Waals surface area (Å²) in [6.45, 7) is 1.88. The molecule has 0 spiro atoms. The van der Waals surface area contributed by atoms with Crippen LogP contribution in [0.4, 0.5) is 5.69 Å². The summed E-state index contributed by atoms with van der Waals surface area (Å²) in [6.07, 6.45) is 0. The normalized spacial score (nSPS) is 12.2. The van der Waals surface area contributed by atoms with E-state index in [-0.39, 0.29) is 16.1 Å². The molecule has 0 fully saturated rings. The minimum absolute atomic E-state index is 0.150. The summed E-state index contributed by atoms with van der Waals surface area (Å²) in [5.74, 6) is 0.265. The van der Waals surface area contributed by atoms with Gasteiger partial charge in [0.25, 0.3) is 15.9 Å². The van der Waals surface area contributed by atoms with E-state index in [2.05, 4.69) is 9.71 Å². The van der Waals surface area contributed by atoms with Crippen LogP contribution >= 0.6 is 11.3 Å². The number of sulfonamides is 1. The number of anilines is 1. The molecule has 9 heteroatoms. The Morgan fingerprint density at radius 3 is 2.53 bits per heavy atom. The van der Waals surface area contributed by atoms with Gasteiger partial charge in [-0.25, -0.2) is 8.42 Å². The van der Waals surface area contributed by atoms with Gasteiger partial charge in [-0.1, -0.05) is 35.1 Å². The zero-order valence-corrected chi connectivity index (χ0v) is 19.3. The molecular formula is C23H21N3O4S2. The van der Waals surface area contributed by atoms with Gasteiger partial charge >= 0.3 is 0 Å². The second-order valence-electron chi connectivity index (χ2n) is 7.19. The number of thiazole rings is 1. The first-order valence-electron chi connectivity index (χ1n) is 9.69. The van der Waals surface area contributed by atoms with Gasteiger partial charge in [-0.3, -0.25) is 9.52 Å². The van der Waals surface area contributed by atoms with E-state index >= 15 is 0 Å². The summed E-state index contributed by atoms with van der Waals surface area (Å²) < 4.78 is 35.9. The number of benzene rings is 3. The number of hydrogen-bond donors (Lipinski definition) is 1. The molecule has 0 aliphatic carbocycles. The van der Waals surface area contributed by atoms with Gasteiger partial charge in [-0.05, 0) is 55.5 Å². The largest absolute Gasteiger partial charge is 0.497 e. The Morgan fingerprint density at radius 1 is 1.06 bits per heavy atom. The number of amides is 1. The average Bonchev–Trinajstić information content (AvgIpc) is 3.08. The number of rotatable bonds is 5. The highest BCUT2D eigenvalue weighted by Crippen LogP contribution is 2.23. The molecule has 0 saturated carbocycles. The van der Waals surface area contributed by atoms with E-state index in [1.54, 1.807) is 49.6 Å². The zero-order chi connectivity index (χ0) is 22.9. The Balaban J connectivity index is 1.63. The molecule has 1 amide bonds. The van der Waals surface area contributed by atoms with Crippen molar-refractivity contribution in [2.24, 2.45) is 12.0 Å². The van der Waals surface area contributed by atoms with Crippen molar-refractivity contribution in [2.45, 2.75) is 11.8 Å². The molecule has 1 heterocycles. The van der Waals surface area contributed by atoms with Gasteiger partial charge in [0.1, 0.15) is 5.75 Å². The maximum Gasteiger partial charge on any atom is 0.279 e. The summed E-state index contributed by atoms with van der Waals surface area (Å²) in [6, 6.07) is 18.5. The van der Waals surface area contributed by atoms with Crippen LogP contribution in [-0.2, 0) is 17.1 Å². The SMILES string of the molecule is COc1ccc2c(c1)sc(=NC(=O)c1cccc(NS(=O)(=O)c3ccc(C)cc3)c1)n2C. The topological polar surface area (TPSA) is 89.8 Å². The number of aromatic nitrogens is 1. The molecule has 3 aromatic carbocycles. The molecule has 1 aromatic heterocycles. The molecule has 4 rings (SSSR count). The van der Waals surface area contributed by atoms with Crippen LogP contribution in [-0.4, -0.2) is 26.0 Å². The van der Waals surface area contributed by atoms with Crippen LogP contribution in [0, 0.1) is 6.92 Å². The lowest BCUT2D eigenvalue weighted by atomic mass is 10.2. The first-order chi connectivity index (χ1) is 15.3. The quantitative estimate of drug-likeness (QED) is 0.479. The third-order valence-corrected chi connectivity index (χ3v) is 7.40. The van der Waals surface area contributed by atoms with Gasteiger partial charge in [0.05, 0.1) is 22.2 Å². The fraction of sp³-hybridized carbons (Fsp3) is 0.130. The molecule has 32 heavy (non-hydrogen) atoms. The Labute approximate surface area is 189 Å². The molecule has 164 valence electrons. The summed E-state index contributed by atoms with van der Waals surface area (Å²) in [5.41, 5.74) is 2.47. The van der Waals surface area contributed by atoms with Crippen molar-refractivity contribution in [1.29, 1.82) is 0 Å². The molecule has 7 nitrogen and oxygen atoms in total. The first-order valence-corrected chi connectivity index (χ1v) is 12.0. The molecular weight excluding hydrogens is 446 g/mol. The van der Waals surface area contributed by atoms with Gasteiger partial charge in [0.2, 0.25) is 0 Å². The lowest BCUT2D eigenvalue weighted by Gasteiger charge is -2.09. The fourth-order valence-electron chi connectivity index (χ4n) is 3.15. The molecule has 1 N–H and O–H groups in total. The summed E-state index contributed by atoms with van der Waals surface area (Å²) in [4.78, 5) is 17.7. The third kappa shape index (κ3) is 4.44. The van der Waals surface area contributed by atoms with Crippen LogP contribution in [0.3, 0.4) is 0 Å². The van der Waals surface area contributed by atoms with Crippen molar-refractivity contribution in [1.82, 2.24) is 4.57 Å². The van der Waals surface area contributed by atoms with Crippen LogP contribution in [0.15, 0.2) is 76.6 Å². The Kier molecular flexibility index (Phi) is 5.86. The lowest BCUT2D eigenvalue weighted by Crippen LogP contribution is -2.14. The van der Waals surface area contributed by atoms with Gasteiger partial charge in [0, 0.05) is 18.3 Å². The van der Waals surface area contributed by atoms with Crippen molar-refractivity contribution in [2.75, 3.05) is 11.8 Å². The highest BCUT2D eigenvalue weighted by molar-refractivity contribution is 7.92. The first kappa shape index (κ1) is 21.8. The number of carbonyl (C=O) groups is 1. The smallest absolute Gasteiger partial charge is 0.279 e. The van der Waals surface area contributed by atoms with E-state index in [0.717, 1.165) is 21.5 Å². The summed E-state index contributed by atoms with van der Waals surface area (Å²) in [7, 11) is -0.330. The van der Waals surface area contributed by atoms with Gasteiger partial charge in [0.15, 0.2) is 4.80 Å². The third-order valence-electron chi connectivity index (χ3n) is 4.91. The summed E-state index contributed by atoms with van der Waals surface area (Å²) >= 11 is 1.37. The Hall–Kier alpha value is -3.43. The number of methoxy groups -OCH3 is 1. The van der Waals surface area contributed by atoms with Crippen molar-refractivity contribution in [3.8, 4) is 5.75 Å². The van der Waals surface area contributed by atoms with Crippen LogP contribution in [0.1, 0.15) is 15.9 Å². The maximum atomic E-state index is 12.8. The number of fused-ring (bicyclic) bond motifs is 1. The number of nitrogens with one attached hydrogen (secondary N) is 1. The van der Waals surface area contributed by atoms with Gasteiger partial charge in [-0.15, -0.1) is 0 Å². The standard InChI is InChI=1S/C23H21N3O4S2/c1-15-7-10-19(11-8-15)32(28,29)25-17-6-4-5-16(13-17)22(27)24-23-26(2)20-12-9-18(30-3)14-21(20)31-23/h4-14,25H,1-3H3. The minimum Gasteiger partial charge on any atom is -0.497 e. The number of nitrogens with zero attached hydrogens (tertiary/aromatic N) is 2. The van der Waals surface area contributed by atoms with Gasteiger partial charge in [-0.2, -0.15) is 4.99 Å².